The van der Waals surface area contributed by atoms with Crippen LogP contribution in [0.25, 0.3) is 0 Å². The van der Waals surface area contributed by atoms with E-state index in [1.807, 2.05) is 0 Å². The fourth-order valence-corrected chi connectivity index (χ4v) is 3.23. The number of hydrogen-bond acceptors (Lipinski definition) is 7. The highest BCUT2D eigenvalue weighted by Gasteiger charge is 2.27. The van der Waals surface area contributed by atoms with Gasteiger partial charge < -0.3 is 33.5 Å². The lowest BCUT2D eigenvalue weighted by atomic mass is 9.82. The molecule has 7 heteroatoms. The van der Waals surface area contributed by atoms with Gasteiger partial charge in [-0.1, -0.05) is 41.5 Å². The van der Waals surface area contributed by atoms with Gasteiger partial charge in [-0.15, -0.1) is 0 Å². The smallest absolute Gasteiger partial charge is 0.0704 e. The first kappa shape index (κ1) is 30.7. The van der Waals surface area contributed by atoms with Gasteiger partial charge in [-0.25, -0.2) is 0 Å². The Morgan fingerprint density at radius 2 is 0.968 bits per heavy atom. The van der Waals surface area contributed by atoms with E-state index in [-0.39, 0.29) is 18.1 Å². The highest BCUT2D eigenvalue weighted by Crippen LogP contribution is 2.29. The molecule has 0 spiro atoms. The van der Waals surface area contributed by atoms with E-state index in [0.717, 1.165) is 12.3 Å². The van der Waals surface area contributed by atoms with Gasteiger partial charge in [-0.05, 0) is 30.1 Å². The molecule has 0 aromatic heterocycles. The van der Waals surface area contributed by atoms with Crippen LogP contribution in [-0.2, 0) is 28.4 Å². The van der Waals surface area contributed by atoms with Crippen LogP contribution in [0.2, 0.25) is 0 Å². The third-order valence-corrected chi connectivity index (χ3v) is 4.73. The minimum atomic E-state index is 0.0392. The third kappa shape index (κ3) is 21.3. The zero-order chi connectivity index (χ0) is 23.4. The molecular weight excluding hydrogens is 400 g/mol. The standard InChI is InChI=1S/C24H50O7/c1-21(2)19-22(3)20-23(24(4,5)6)31-18-17-30-16-15-29-14-13-28-12-11-27-10-9-26-8-7-25/h21-23,25H,7-20H2,1-6H3. The zero-order valence-electron chi connectivity index (χ0n) is 21.0. The summed E-state index contributed by atoms with van der Waals surface area (Å²) < 4.78 is 33.1. The van der Waals surface area contributed by atoms with Gasteiger partial charge in [0.15, 0.2) is 0 Å². The number of ether oxygens (including phenoxy) is 6. The van der Waals surface area contributed by atoms with E-state index >= 15 is 0 Å². The summed E-state index contributed by atoms with van der Waals surface area (Å²) in [6, 6.07) is 0. The van der Waals surface area contributed by atoms with Crippen molar-refractivity contribution >= 4 is 0 Å². The molecule has 0 aliphatic carbocycles. The van der Waals surface area contributed by atoms with Crippen LogP contribution in [0.1, 0.15) is 54.4 Å². The van der Waals surface area contributed by atoms with Gasteiger partial charge >= 0.3 is 0 Å². The predicted octanol–water partition coefficient (Wildman–Crippen LogP) is 3.57. The van der Waals surface area contributed by atoms with Crippen molar-refractivity contribution in [1.29, 1.82) is 0 Å². The first-order chi connectivity index (χ1) is 14.8. The Labute approximate surface area is 191 Å². The van der Waals surface area contributed by atoms with Crippen LogP contribution in [0.5, 0.6) is 0 Å². The Bertz CT molecular complexity index is 371. The van der Waals surface area contributed by atoms with Crippen molar-refractivity contribution < 1.29 is 33.5 Å². The molecule has 7 nitrogen and oxygen atoms in total. The Kier molecular flexibility index (Phi) is 20.2. The van der Waals surface area contributed by atoms with Gasteiger partial charge in [-0.2, -0.15) is 0 Å². The summed E-state index contributed by atoms with van der Waals surface area (Å²) in [7, 11) is 0. The van der Waals surface area contributed by atoms with E-state index in [1.54, 1.807) is 0 Å². The zero-order valence-corrected chi connectivity index (χ0v) is 21.0. The van der Waals surface area contributed by atoms with Gasteiger partial charge in [0.05, 0.1) is 85.4 Å². The van der Waals surface area contributed by atoms with E-state index in [1.165, 1.54) is 6.42 Å². The molecule has 0 radical (unpaired) electrons. The van der Waals surface area contributed by atoms with Gasteiger partial charge in [0, 0.05) is 0 Å². The third-order valence-electron chi connectivity index (χ3n) is 4.73. The van der Waals surface area contributed by atoms with E-state index in [0.29, 0.717) is 78.6 Å². The lowest BCUT2D eigenvalue weighted by molar-refractivity contribution is -0.0608. The normalized spacial score (nSPS) is 14.3. The minimum absolute atomic E-state index is 0.0392. The number of aliphatic hydroxyl groups excluding tert-OH is 1. The van der Waals surface area contributed by atoms with Gasteiger partial charge in [-0.3, -0.25) is 0 Å². The van der Waals surface area contributed by atoms with Crippen molar-refractivity contribution in [2.24, 2.45) is 17.3 Å². The van der Waals surface area contributed by atoms with E-state index in [4.69, 9.17) is 33.5 Å². The maximum Gasteiger partial charge on any atom is 0.0704 e. The Balaban J connectivity index is 3.52. The highest BCUT2D eigenvalue weighted by atomic mass is 16.6. The van der Waals surface area contributed by atoms with Crippen LogP contribution >= 0.6 is 0 Å². The average Bonchev–Trinajstić information content (AvgIpc) is 2.68. The first-order valence-electron chi connectivity index (χ1n) is 11.9. The molecule has 1 N–H and O–H groups in total. The summed E-state index contributed by atoms with van der Waals surface area (Å²) >= 11 is 0. The second kappa shape index (κ2) is 20.3. The molecule has 188 valence electrons. The van der Waals surface area contributed by atoms with Crippen LogP contribution in [0.3, 0.4) is 0 Å². The van der Waals surface area contributed by atoms with Gasteiger partial charge in [0.2, 0.25) is 0 Å². The number of aliphatic hydroxyl groups is 1. The molecule has 0 bridgehead atoms. The maximum atomic E-state index is 8.56. The summed E-state index contributed by atoms with van der Waals surface area (Å²) in [6.45, 7) is 19.5. The van der Waals surface area contributed by atoms with Crippen molar-refractivity contribution in [3.05, 3.63) is 0 Å². The fraction of sp³-hybridized carbons (Fsp3) is 1.00. The molecule has 0 aliphatic rings. The average molecular weight is 451 g/mol. The lowest BCUT2D eigenvalue weighted by Crippen LogP contribution is -2.32. The Morgan fingerprint density at radius 3 is 1.32 bits per heavy atom. The molecule has 0 fully saturated rings. The van der Waals surface area contributed by atoms with Crippen molar-refractivity contribution in [3.8, 4) is 0 Å². The summed E-state index contributed by atoms with van der Waals surface area (Å²) in [4.78, 5) is 0. The minimum Gasteiger partial charge on any atom is -0.394 e. The van der Waals surface area contributed by atoms with Gasteiger partial charge in [0.1, 0.15) is 0 Å². The molecule has 0 aromatic carbocycles. The molecule has 31 heavy (non-hydrogen) atoms. The molecular formula is C24H50O7. The highest BCUT2D eigenvalue weighted by molar-refractivity contribution is 4.77. The molecule has 0 saturated carbocycles. The van der Waals surface area contributed by atoms with Crippen LogP contribution < -0.4 is 0 Å². The van der Waals surface area contributed by atoms with E-state index in [9.17, 15) is 0 Å². The lowest BCUT2D eigenvalue weighted by Gasteiger charge is -2.33. The van der Waals surface area contributed by atoms with Crippen LogP contribution in [0.15, 0.2) is 0 Å². The van der Waals surface area contributed by atoms with Crippen molar-refractivity contribution in [2.75, 3.05) is 79.3 Å². The first-order valence-corrected chi connectivity index (χ1v) is 11.9. The maximum absolute atomic E-state index is 8.56. The topological polar surface area (TPSA) is 75.6 Å². The molecule has 0 heterocycles. The Hall–Kier alpha value is -0.280. The van der Waals surface area contributed by atoms with Gasteiger partial charge in [0.25, 0.3) is 0 Å². The van der Waals surface area contributed by atoms with E-state index < -0.39 is 0 Å². The monoisotopic (exact) mass is 450 g/mol. The fourth-order valence-electron chi connectivity index (χ4n) is 3.23. The molecule has 0 aliphatic heterocycles. The van der Waals surface area contributed by atoms with Crippen molar-refractivity contribution in [2.45, 2.75) is 60.5 Å². The molecule has 2 atom stereocenters. The molecule has 0 aromatic rings. The molecule has 0 saturated heterocycles. The quantitative estimate of drug-likeness (QED) is 0.253. The second-order valence-corrected chi connectivity index (χ2v) is 9.48. The van der Waals surface area contributed by atoms with Crippen LogP contribution in [-0.4, -0.2) is 90.5 Å². The number of hydrogen-bond donors (Lipinski definition) is 1. The van der Waals surface area contributed by atoms with Crippen molar-refractivity contribution in [1.82, 2.24) is 0 Å². The van der Waals surface area contributed by atoms with Crippen molar-refractivity contribution in [3.63, 3.8) is 0 Å². The number of rotatable bonds is 22. The molecule has 0 rings (SSSR count). The summed E-state index contributed by atoms with van der Waals surface area (Å²) in [6.07, 6.45) is 2.57. The largest absolute Gasteiger partial charge is 0.394 e. The molecule has 2 unspecified atom stereocenters. The second-order valence-electron chi connectivity index (χ2n) is 9.48. The predicted molar refractivity (Wildman–Crippen MR) is 124 cm³/mol. The Morgan fingerprint density at radius 1 is 0.581 bits per heavy atom. The summed E-state index contributed by atoms with van der Waals surface area (Å²) in [5.74, 6) is 1.39. The molecule has 0 amide bonds. The van der Waals surface area contributed by atoms with Crippen LogP contribution in [0, 0.1) is 17.3 Å². The SMILES string of the molecule is CC(C)CC(C)CC(OCCOCCOCCOCCOCCOCCO)C(C)(C)C. The summed E-state index contributed by atoms with van der Waals surface area (Å²) in [5.41, 5.74) is 0.132. The van der Waals surface area contributed by atoms with E-state index in [2.05, 4.69) is 41.5 Å². The van der Waals surface area contributed by atoms with Crippen LogP contribution in [0.4, 0.5) is 0 Å². The summed E-state index contributed by atoms with van der Waals surface area (Å²) in [5, 5.41) is 8.56.